The Hall–Kier alpha value is -1.89. The number of aryl methyl sites for hydroxylation is 1. The van der Waals surface area contributed by atoms with E-state index in [2.05, 4.69) is 64.4 Å². The van der Waals surface area contributed by atoms with Crippen molar-refractivity contribution in [2.24, 2.45) is 5.92 Å². The van der Waals surface area contributed by atoms with Crippen molar-refractivity contribution in [2.75, 3.05) is 6.54 Å². The molecule has 0 aromatic heterocycles. The molecule has 1 atom stereocenters. The number of amides is 2. The van der Waals surface area contributed by atoms with Crippen LogP contribution in [0.5, 0.6) is 0 Å². The molecule has 2 aromatic rings. The van der Waals surface area contributed by atoms with Crippen LogP contribution in [0.2, 0.25) is 0 Å². The zero-order valence-corrected chi connectivity index (χ0v) is 16.2. The van der Waals surface area contributed by atoms with Gasteiger partial charge in [0.25, 0.3) is 5.91 Å². The number of hydrogen-bond donors (Lipinski definition) is 2. The monoisotopic (exact) mass is 448 g/mol. The number of halogens is 1. The van der Waals surface area contributed by atoms with Gasteiger partial charge >= 0.3 is 0 Å². The molecule has 0 bridgehead atoms. The lowest BCUT2D eigenvalue weighted by atomic mass is 10.0. The molecule has 1 fully saturated rings. The highest BCUT2D eigenvalue weighted by molar-refractivity contribution is 14.1. The van der Waals surface area contributed by atoms with Gasteiger partial charge in [-0.2, -0.15) is 0 Å². The average Bonchev–Trinajstić information content (AvgIpc) is 3.44. The summed E-state index contributed by atoms with van der Waals surface area (Å²) in [7, 11) is 0. The number of rotatable bonds is 6. The van der Waals surface area contributed by atoms with Crippen molar-refractivity contribution in [2.45, 2.75) is 25.8 Å². The smallest absolute Gasteiger partial charge is 0.252 e. The molecule has 0 radical (unpaired) electrons. The summed E-state index contributed by atoms with van der Waals surface area (Å²) in [6.45, 7) is 2.04. The maximum absolute atomic E-state index is 12.3. The molecule has 0 aliphatic heterocycles. The molecular formula is C20H21IN2O2. The van der Waals surface area contributed by atoms with Crippen LogP contribution in [0.3, 0.4) is 0 Å². The highest BCUT2D eigenvalue weighted by Gasteiger charge is 2.33. The van der Waals surface area contributed by atoms with E-state index in [9.17, 15) is 9.59 Å². The number of nitrogens with one attached hydrogen (secondary N) is 2. The third-order valence-corrected chi connectivity index (χ3v) is 5.32. The van der Waals surface area contributed by atoms with Crippen molar-refractivity contribution in [3.05, 3.63) is 68.8 Å². The van der Waals surface area contributed by atoms with Crippen LogP contribution < -0.4 is 10.6 Å². The van der Waals surface area contributed by atoms with E-state index in [1.165, 1.54) is 5.56 Å². The van der Waals surface area contributed by atoms with Crippen molar-refractivity contribution in [1.29, 1.82) is 0 Å². The fraction of sp³-hybridized carbons (Fsp3) is 0.300. The first-order valence-electron chi connectivity index (χ1n) is 8.43. The zero-order chi connectivity index (χ0) is 17.8. The van der Waals surface area contributed by atoms with E-state index in [4.69, 9.17) is 0 Å². The summed E-state index contributed by atoms with van der Waals surface area (Å²) in [5, 5.41) is 5.79. The molecule has 3 rings (SSSR count). The topological polar surface area (TPSA) is 58.2 Å². The predicted molar refractivity (Wildman–Crippen MR) is 106 cm³/mol. The lowest BCUT2D eigenvalue weighted by molar-refractivity contribution is -0.121. The van der Waals surface area contributed by atoms with Gasteiger partial charge in [0.1, 0.15) is 0 Å². The molecular weight excluding hydrogens is 427 g/mol. The molecule has 1 aliphatic rings. The van der Waals surface area contributed by atoms with E-state index in [-0.39, 0.29) is 24.4 Å². The largest absolute Gasteiger partial charge is 0.347 e. The van der Waals surface area contributed by atoms with Crippen molar-refractivity contribution < 1.29 is 9.59 Å². The second-order valence-corrected chi connectivity index (χ2v) is 7.62. The highest BCUT2D eigenvalue weighted by Crippen LogP contribution is 2.40. The van der Waals surface area contributed by atoms with Gasteiger partial charge in [0.05, 0.1) is 18.2 Å². The minimum atomic E-state index is -0.224. The van der Waals surface area contributed by atoms with Gasteiger partial charge in [-0.3, -0.25) is 9.59 Å². The summed E-state index contributed by atoms with van der Waals surface area (Å²) >= 11 is 2.12. The number of carbonyl (C=O) groups is 2. The van der Waals surface area contributed by atoms with E-state index in [0.717, 1.165) is 22.0 Å². The molecule has 2 amide bonds. The average molecular weight is 448 g/mol. The Kier molecular flexibility index (Phi) is 5.73. The van der Waals surface area contributed by atoms with Crippen LogP contribution in [0.1, 0.15) is 40.4 Å². The number of benzene rings is 2. The first kappa shape index (κ1) is 17.9. The molecule has 1 saturated carbocycles. The van der Waals surface area contributed by atoms with E-state index in [1.54, 1.807) is 6.07 Å². The maximum Gasteiger partial charge on any atom is 0.252 e. The third-order valence-electron chi connectivity index (χ3n) is 4.37. The van der Waals surface area contributed by atoms with Gasteiger partial charge in [-0.15, -0.1) is 0 Å². The number of hydrogen-bond acceptors (Lipinski definition) is 2. The maximum atomic E-state index is 12.3. The Balaban J connectivity index is 1.58. The SMILES string of the molecule is Cc1ccc(C(NC(=O)CNC(=O)c2ccccc2I)C2CC2)cc1. The van der Waals surface area contributed by atoms with Crippen LogP contribution >= 0.6 is 22.6 Å². The van der Waals surface area contributed by atoms with Crippen molar-refractivity contribution in [3.8, 4) is 0 Å². The molecule has 1 unspecified atom stereocenters. The van der Waals surface area contributed by atoms with Crippen molar-refractivity contribution >= 4 is 34.4 Å². The summed E-state index contributed by atoms with van der Waals surface area (Å²) < 4.78 is 0.869. The molecule has 0 saturated heterocycles. The summed E-state index contributed by atoms with van der Waals surface area (Å²) in [5.41, 5.74) is 2.92. The number of carbonyl (C=O) groups excluding carboxylic acids is 2. The third kappa shape index (κ3) is 4.81. The molecule has 25 heavy (non-hydrogen) atoms. The summed E-state index contributed by atoms with van der Waals surface area (Å²) in [6.07, 6.45) is 2.26. The van der Waals surface area contributed by atoms with Gasteiger partial charge < -0.3 is 10.6 Å². The summed E-state index contributed by atoms with van der Waals surface area (Å²) in [5.74, 6) is 0.118. The zero-order valence-electron chi connectivity index (χ0n) is 14.1. The molecule has 130 valence electrons. The Morgan fingerprint density at radius 1 is 1.12 bits per heavy atom. The van der Waals surface area contributed by atoms with Crippen molar-refractivity contribution in [3.63, 3.8) is 0 Å². The fourth-order valence-corrected chi connectivity index (χ4v) is 3.43. The predicted octanol–water partition coefficient (Wildman–Crippen LogP) is 3.60. The molecule has 4 nitrogen and oxygen atoms in total. The second-order valence-electron chi connectivity index (χ2n) is 6.46. The lowest BCUT2D eigenvalue weighted by Gasteiger charge is -2.19. The molecule has 0 heterocycles. The fourth-order valence-electron chi connectivity index (χ4n) is 2.80. The first-order valence-corrected chi connectivity index (χ1v) is 9.51. The quantitative estimate of drug-likeness (QED) is 0.664. The van der Waals surface area contributed by atoms with E-state index in [0.29, 0.717) is 11.5 Å². The molecule has 5 heteroatoms. The molecule has 2 N–H and O–H groups in total. The Morgan fingerprint density at radius 2 is 1.80 bits per heavy atom. The van der Waals surface area contributed by atoms with Crippen LogP contribution in [0, 0.1) is 16.4 Å². The second kappa shape index (κ2) is 7.99. The van der Waals surface area contributed by atoms with Gasteiger partial charge in [-0.25, -0.2) is 0 Å². The van der Waals surface area contributed by atoms with Crippen LogP contribution in [-0.2, 0) is 4.79 Å². The Labute approximate surface area is 161 Å². The normalized spacial score (nSPS) is 14.6. The van der Waals surface area contributed by atoms with E-state index >= 15 is 0 Å². The minimum Gasteiger partial charge on any atom is -0.347 e. The highest BCUT2D eigenvalue weighted by atomic mass is 127. The molecule has 2 aromatic carbocycles. The summed E-state index contributed by atoms with van der Waals surface area (Å²) in [4.78, 5) is 24.5. The van der Waals surface area contributed by atoms with E-state index < -0.39 is 0 Å². The minimum absolute atomic E-state index is 0.0150. The van der Waals surface area contributed by atoms with Crippen LogP contribution in [0.4, 0.5) is 0 Å². The van der Waals surface area contributed by atoms with Crippen LogP contribution in [-0.4, -0.2) is 18.4 Å². The van der Waals surface area contributed by atoms with Gasteiger partial charge in [-0.1, -0.05) is 42.0 Å². The van der Waals surface area contributed by atoms with Gasteiger partial charge in [0, 0.05) is 3.57 Å². The molecule has 0 spiro atoms. The van der Waals surface area contributed by atoms with Gasteiger partial charge in [0.15, 0.2) is 0 Å². The Morgan fingerprint density at radius 3 is 2.44 bits per heavy atom. The summed E-state index contributed by atoms with van der Waals surface area (Å²) in [6, 6.07) is 15.6. The van der Waals surface area contributed by atoms with Crippen molar-refractivity contribution in [1.82, 2.24) is 10.6 Å². The van der Waals surface area contributed by atoms with E-state index in [1.807, 2.05) is 18.2 Å². The standard InChI is InChI=1S/C20H21IN2O2/c1-13-6-8-14(9-7-13)19(15-10-11-15)23-18(24)12-22-20(25)16-4-2-3-5-17(16)21/h2-9,15,19H,10-12H2,1H3,(H,22,25)(H,23,24). The van der Waals surface area contributed by atoms with Crippen LogP contribution in [0.25, 0.3) is 0 Å². The van der Waals surface area contributed by atoms with Crippen LogP contribution in [0.15, 0.2) is 48.5 Å². The first-order chi connectivity index (χ1) is 12.0. The molecule has 1 aliphatic carbocycles. The lowest BCUT2D eigenvalue weighted by Crippen LogP contribution is -2.39. The van der Waals surface area contributed by atoms with Gasteiger partial charge in [-0.05, 0) is 66.0 Å². The van der Waals surface area contributed by atoms with Gasteiger partial charge in [0.2, 0.25) is 5.91 Å². The Bertz CT molecular complexity index is 770.